The van der Waals surface area contributed by atoms with Crippen LogP contribution in [0, 0.1) is 12.7 Å². The minimum atomic E-state index is -3.60. The van der Waals surface area contributed by atoms with E-state index in [0.717, 1.165) is 6.07 Å². The quantitative estimate of drug-likeness (QED) is 0.901. The monoisotopic (exact) mass is 308 g/mol. The highest BCUT2D eigenvalue weighted by Gasteiger charge is 2.31. The first-order valence-electron chi connectivity index (χ1n) is 5.91. The molecule has 0 unspecified atom stereocenters. The fourth-order valence-electron chi connectivity index (χ4n) is 2.17. The third-order valence-corrected chi connectivity index (χ3v) is 5.05. The van der Waals surface area contributed by atoms with Gasteiger partial charge in [0.2, 0.25) is 10.0 Å². The molecule has 1 N–H and O–H groups in total. The van der Waals surface area contributed by atoms with Crippen molar-refractivity contribution in [1.29, 1.82) is 0 Å². The number of hydrogen-bond acceptors (Lipinski definition) is 3. The summed E-state index contributed by atoms with van der Waals surface area (Å²) in [6.07, 6.45) is 0. The molecule has 1 aromatic carbocycles. The maximum Gasteiger partial charge on any atom is 0.243 e. The Morgan fingerprint density at radius 1 is 1.37 bits per heavy atom. The molecule has 1 aliphatic heterocycles. The zero-order valence-corrected chi connectivity index (χ0v) is 12.5. The van der Waals surface area contributed by atoms with Gasteiger partial charge in [0.05, 0.1) is 4.90 Å². The molecule has 0 aliphatic carbocycles. The SMILES string of the molecule is Cc1cc(F)cc(S(=O)(=O)N2CCNC[C@H]2C)c1.Cl. The van der Waals surface area contributed by atoms with Crippen LogP contribution < -0.4 is 5.32 Å². The summed E-state index contributed by atoms with van der Waals surface area (Å²) in [5.41, 5.74) is 0.608. The second-order valence-electron chi connectivity index (χ2n) is 4.63. The van der Waals surface area contributed by atoms with E-state index in [4.69, 9.17) is 0 Å². The normalized spacial score (nSPS) is 20.9. The summed E-state index contributed by atoms with van der Waals surface area (Å²) in [5, 5.41) is 3.13. The highest BCUT2D eigenvalue weighted by Crippen LogP contribution is 2.21. The zero-order valence-electron chi connectivity index (χ0n) is 10.9. The molecule has 2 rings (SSSR count). The van der Waals surface area contributed by atoms with Crippen molar-refractivity contribution < 1.29 is 12.8 Å². The maximum absolute atomic E-state index is 13.3. The summed E-state index contributed by atoms with van der Waals surface area (Å²) in [5.74, 6) is -0.517. The Hall–Kier alpha value is -0.690. The molecule has 0 aromatic heterocycles. The van der Waals surface area contributed by atoms with Gasteiger partial charge in [-0.05, 0) is 37.6 Å². The summed E-state index contributed by atoms with van der Waals surface area (Å²) >= 11 is 0. The van der Waals surface area contributed by atoms with Gasteiger partial charge in [-0.1, -0.05) is 0 Å². The van der Waals surface area contributed by atoms with Crippen LogP contribution >= 0.6 is 12.4 Å². The van der Waals surface area contributed by atoms with Crippen LogP contribution in [0.1, 0.15) is 12.5 Å². The van der Waals surface area contributed by atoms with Crippen LogP contribution in [0.3, 0.4) is 0 Å². The number of piperazine rings is 1. The van der Waals surface area contributed by atoms with E-state index < -0.39 is 15.8 Å². The van der Waals surface area contributed by atoms with Crippen molar-refractivity contribution >= 4 is 22.4 Å². The summed E-state index contributed by atoms with van der Waals surface area (Å²) in [6.45, 7) is 5.18. The topological polar surface area (TPSA) is 49.4 Å². The van der Waals surface area contributed by atoms with Crippen molar-refractivity contribution in [2.45, 2.75) is 24.8 Å². The molecule has 0 spiro atoms. The lowest BCUT2D eigenvalue weighted by atomic mass is 10.2. The third kappa shape index (κ3) is 3.45. The molecule has 0 amide bonds. The van der Waals surface area contributed by atoms with Gasteiger partial charge in [-0.25, -0.2) is 12.8 Å². The molecule has 4 nitrogen and oxygen atoms in total. The van der Waals surface area contributed by atoms with Gasteiger partial charge in [0.15, 0.2) is 0 Å². The van der Waals surface area contributed by atoms with Gasteiger partial charge < -0.3 is 5.32 Å². The molecule has 108 valence electrons. The number of sulfonamides is 1. The van der Waals surface area contributed by atoms with Gasteiger partial charge in [-0.3, -0.25) is 0 Å². The van der Waals surface area contributed by atoms with Gasteiger partial charge in [0, 0.05) is 25.7 Å². The van der Waals surface area contributed by atoms with Crippen molar-refractivity contribution in [3.63, 3.8) is 0 Å². The zero-order chi connectivity index (χ0) is 13.3. The molecular formula is C12H18ClFN2O2S. The van der Waals surface area contributed by atoms with Gasteiger partial charge in [-0.2, -0.15) is 4.31 Å². The van der Waals surface area contributed by atoms with Crippen LogP contribution in [0.4, 0.5) is 4.39 Å². The van der Waals surface area contributed by atoms with Crippen LogP contribution in [-0.2, 0) is 10.0 Å². The lowest BCUT2D eigenvalue weighted by Crippen LogP contribution is -2.52. The first-order chi connectivity index (χ1) is 8.41. The first kappa shape index (κ1) is 16.4. The van der Waals surface area contributed by atoms with Crippen LogP contribution in [0.25, 0.3) is 0 Å². The van der Waals surface area contributed by atoms with E-state index in [0.29, 0.717) is 25.2 Å². The van der Waals surface area contributed by atoms with Gasteiger partial charge in [0.25, 0.3) is 0 Å². The van der Waals surface area contributed by atoms with E-state index in [9.17, 15) is 12.8 Å². The minimum absolute atomic E-state index is 0. The van der Waals surface area contributed by atoms with E-state index in [-0.39, 0.29) is 23.3 Å². The molecule has 1 heterocycles. The van der Waals surface area contributed by atoms with Crippen LogP contribution in [-0.4, -0.2) is 38.4 Å². The van der Waals surface area contributed by atoms with E-state index >= 15 is 0 Å². The summed E-state index contributed by atoms with van der Waals surface area (Å²) in [7, 11) is -3.60. The summed E-state index contributed by atoms with van der Waals surface area (Å²) < 4.78 is 39.6. The maximum atomic E-state index is 13.3. The summed E-state index contributed by atoms with van der Waals surface area (Å²) in [4.78, 5) is 0.0359. The highest BCUT2D eigenvalue weighted by atomic mass is 35.5. The molecule has 1 aromatic rings. The Labute approximate surface area is 119 Å². The van der Waals surface area contributed by atoms with E-state index in [1.165, 1.54) is 16.4 Å². The molecule has 7 heteroatoms. The molecular weight excluding hydrogens is 291 g/mol. The highest BCUT2D eigenvalue weighted by molar-refractivity contribution is 7.89. The average molecular weight is 309 g/mol. The van der Waals surface area contributed by atoms with Crippen molar-refractivity contribution in [3.8, 4) is 0 Å². The van der Waals surface area contributed by atoms with Crippen LogP contribution in [0.5, 0.6) is 0 Å². The van der Waals surface area contributed by atoms with Crippen molar-refractivity contribution in [3.05, 3.63) is 29.6 Å². The molecule has 0 saturated carbocycles. The number of halogens is 2. The van der Waals surface area contributed by atoms with Crippen LogP contribution in [0.2, 0.25) is 0 Å². The van der Waals surface area contributed by atoms with Crippen LogP contribution in [0.15, 0.2) is 23.1 Å². The molecule has 19 heavy (non-hydrogen) atoms. The van der Waals surface area contributed by atoms with Crippen molar-refractivity contribution in [2.75, 3.05) is 19.6 Å². The lowest BCUT2D eigenvalue weighted by Gasteiger charge is -2.32. The number of benzene rings is 1. The molecule has 1 aliphatic rings. The smallest absolute Gasteiger partial charge is 0.243 e. The van der Waals surface area contributed by atoms with E-state index in [1.807, 2.05) is 6.92 Å². The Bertz CT molecular complexity index is 530. The largest absolute Gasteiger partial charge is 0.314 e. The van der Waals surface area contributed by atoms with Gasteiger partial charge in [-0.15, -0.1) is 12.4 Å². The molecule has 0 radical (unpaired) electrons. The standard InChI is InChI=1S/C12H17FN2O2S.ClH/c1-9-5-11(13)7-12(6-9)18(16,17)15-4-3-14-8-10(15)2;/h5-7,10,14H,3-4,8H2,1-2H3;1H/t10-;/m1./s1. The Morgan fingerprint density at radius 2 is 2.05 bits per heavy atom. The number of nitrogens with zero attached hydrogens (tertiary/aromatic N) is 1. The molecule has 1 saturated heterocycles. The number of rotatable bonds is 2. The fourth-order valence-corrected chi connectivity index (χ4v) is 3.91. The van der Waals surface area contributed by atoms with Gasteiger partial charge >= 0.3 is 0 Å². The number of nitrogens with one attached hydrogen (secondary N) is 1. The van der Waals surface area contributed by atoms with Crippen molar-refractivity contribution in [2.24, 2.45) is 0 Å². The number of hydrogen-bond donors (Lipinski definition) is 1. The van der Waals surface area contributed by atoms with Crippen molar-refractivity contribution in [1.82, 2.24) is 9.62 Å². The summed E-state index contributed by atoms with van der Waals surface area (Å²) in [6, 6.07) is 3.79. The average Bonchev–Trinajstić information content (AvgIpc) is 2.28. The van der Waals surface area contributed by atoms with E-state index in [2.05, 4.69) is 5.32 Å². The second-order valence-corrected chi connectivity index (χ2v) is 6.52. The Morgan fingerprint density at radius 3 is 2.63 bits per heavy atom. The lowest BCUT2D eigenvalue weighted by molar-refractivity contribution is 0.283. The molecule has 1 fully saturated rings. The van der Waals surface area contributed by atoms with E-state index in [1.54, 1.807) is 6.92 Å². The minimum Gasteiger partial charge on any atom is -0.314 e. The van der Waals surface area contributed by atoms with Gasteiger partial charge in [0.1, 0.15) is 5.82 Å². The first-order valence-corrected chi connectivity index (χ1v) is 7.35. The Balaban J connectivity index is 0.00000180. The third-order valence-electron chi connectivity index (χ3n) is 3.06. The molecule has 1 atom stereocenters. The Kier molecular flexibility index (Phi) is 5.32. The predicted molar refractivity (Wildman–Crippen MR) is 74.6 cm³/mol. The second kappa shape index (κ2) is 6.17. The fraction of sp³-hybridized carbons (Fsp3) is 0.500. The predicted octanol–water partition coefficient (Wildman–Crippen LogP) is 1.54. The number of aryl methyl sites for hydroxylation is 1. The molecule has 0 bridgehead atoms.